The molecule has 0 aliphatic rings. The van der Waals surface area contributed by atoms with Crippen LogP contribution < -0.4 is 0 Å². The largest absolute Gasteiger partial charge is 0.475 e. The minimum Gasteiger partial charge on any atom is -0.475 e. The van der Waals surface area contributed by atoms with Crippen molar-refractivity contribution < 1.29 is 23.4 Å². The van der Waals surface area contributed by atoms with E-state index in [0.717, 1.165) is 0 Å². The molecule has 0 radical (unpaired) electrons. The van der Waals surface area contributed by atoms with Crippen molar-refractivity contribution in [2.75, 3.05) is 6.61 Å². The highest BCUT2D eigenvalue weighted by atomic mass is 19.3. The second-order valence-electron chi connectivity index (χ2n) is 1.70. The number of ether oxygens (including phenoxy) is 1. The average Bonchev–Trinajstić information content (AvgIpc) is 1.88. The van der Waals surface area contributed by atoms with E-state index in [-0.39, 0.29) is 0 Å². The Bertz CT molecular complexity index is 165. The molecule has 11 heavy (non-hydrogen) atoms. The zero-order chi connectivity index (χ0) is 8.91. The molecule has 0 aliphatic carbocycles. The summed E-state index contributed by atoms with van der Waals surface area (Å²) in [7, 11) is 0. The number of aliphatic carboxylic acids is 1. The molecule has 0 unspecified atom stereocenters. The van der Waals surface area contributed by atoms with Crippen molar-refractivity contribution in [2.24, 2.45) is 0 Å². The smallest absolute Gasteiger partial charge is 0.456 e. The van der Waals surface area contributed by atoms with Crippen LogP contribution in [0.3, 0.4) is 0 Å². The molecule has 0 heterocycles. The van der Waals surface area contributed by atoms with Crippen LogP contribution in [0.25, 0.3) is 0 Å². The molecule has 0 aromatic heterocycles. The lowest BCUT2D eigenvalue weighted by Gasteiger charge is -2.08. The van der Waals surface area contributed by atoms with E-state index in [1.165, 1.54) is 12.2 Å². The van der Waals surface area contributed by atoms with Crippen molar-refractivity contribution >= 4 is 5.97 Å². The van der Waals surface area contributed by atoms with E-state index in [9.17, 15) is 13.6 Å². The third-order valence-corrected chi connectivity index (χ3v) is 0.846. The van der Waals surface area contributed by atoms with Gasteiger partial charge in [0.25, 0.3) is 0 Å². The number of rotatable bonds is 4. The number of hydrogen-bond donors (Lipinski definition) is 1. The highest BCUT2D eigenvalue weighted by Crippen LogP contribution is 2.14. The van der Waals surface area contributed by atoms with Crippen molar-refractivity contribution in [3.8, 4) is 0 Å². The van der Waals surface area contributed by atoms with E-state index < -0.39 is 18.7 Å². The highest BCUT2D eigenvalue weighted by molar-refractivity contribution is 5.73. The van der Waals surface area contributed by atoms with Gasteiger partial charge in [0.15, 0.2) is 0 Å². The van der Waals surface area contributed by atoms with Crippen molar-refractivity contribution in [1.29, 1.82) is 0 Å². The first kappa shape index (κ1) is 10.0. The third-order valence-electron chi connectivity index (χ3n) is 0.846. The Labute approximate surface area is 62.3 Å². The molecule has 3 nitrogen and oxygen atoms in total. The Morgan fingerprint density at radius 3 is 2.64 bits per heavy atom. The van der Waals surface area contributed by atoms with Gasteiger partial charge < -0.3 is 9.84 Å². The van der Waals surface area contributed by atoms with Gasteiger partial charge in [0.2, 0.25) is 0 Å². The van der Waals surface area contributed by atoms with Crippen LogP contribution in [0.1, 0.15) is 6.92 Å². The van der Waals surface area contributed by atoms with Crippen LogP contribution in [0.5, 0.6) is 0 Å². The molecule has 0 saturated heterocycles. The Balaban J connectivity index is 3.82. The van der Waals surface area contributed by atoms with E-state index >= 15 is 0 Å². The molecule has 0 bridgehead atoms. The first-order valence-electron chi connectivity index (χ1n) is 2.87. The zero-order valence-electron chi connectivity index (χ0n) is 5.88. The Hall–Kier alpha value is -0.970. The molecule has 0 spiro atoms. The molecule has 0 aromatic rings. The van der Waals surface area contributed by atoms with Gasteiger partial charge >= 0.3 is 12.1 Å². The van der Waals surface area contributed by atoms with E-state index in [0.29, 0.717) is 0 Å². The fourth-order valence-corrected chi connectivity index (χ4v) is 0.311. The lowest BCUT2D eigenvalue weighted by atomic mass is 10.5. The standard InChI is InChI=1S/C6H8F2O3/c1-2-3-4-11-6(7,8)5(9)10/h2-3H,4H2,1H3,(H,9,10). The molecule has 0 aromatic carbocycles. The van der Waals surface area contributed by atoms with Crippen LogP contribution in [0.2, 0.25) is 0 Å². The number of carboxylic acids is 1. The molecule has 0 saturated carbocycles. The minimum atomic E-state index is -4.08. The van der Waals surface area contributed by atoms with E-state index in [2.05, 4.69) is 4.74 Å². The lowest BCUT2D eigenvalue weighted by molar-refractivity contribution is -0.241. The first-order valence-corrected chi connectivity index (χ1v) is 2.87. The van der Waals surface area contributed by atoms with Crippen LogP contribution in [0, 0.1) is 0 Å². The first-order chi connectivity index (χ1) is 5.00. The molecule has 1 N–H and O–H groups in total. The SMILES string of the molecule is CC=CCOC(F)(F)C(=O)O. The molecule has 0 atom stereocenters. The van der Waals surface area contributed by atoms with Gasteiger partial charge in [-0.3, -0.25) is 0 Å². The fraction of sp³-hybridized carbons (Fsp3) is 0.500. The van der Waals surface area contributed by atoms with Gasteiger partial charge in [0.1, 0.15) is 0 Å². The Kier molecular flexibility index (Phi) is 3.67. The summed E-state index contributed by atoms with van der Waals surface area (Å²) in [5.41, 5.74) is 0. The maximum atomic E-state index is 12.0. The number of hydrogen-bond acceptors (Lipinski definition) is 2. The van der Waals surface area contributed by atoms with Crippen molar-refractivity contribution in [3.63, 3.8) is 0 Å². The number of carbonyl (C=O) groups is 1. The van der Waals surface area contributed by atoms with Gasteiger partial charge in [-0.15, -0.1) is 0 Å². The van der Waals surface area contributed by atoms with Crippen LogP contribution in [-0.4, -0.2) is 23.8 Å². The summed E-state index contributed by atoms with van der Waals surface area (Å²) in [6, 6.07) is 0. The van der Waals surface area contributed by atoms with Crippen molar-refractivity contribution in [1.82, 2.24) is 0 Å². The quantitative estimate of drug-likeness (QED) is 0.639. The lowest BCUT2D eigenvalue weighted by Crippen LogP contribution is -2.31. The number of alkyl halides is 2. The second-order valence-corrected chi connectivity index (χ2v) is 1.70. The van der Waals surface area contributed by atoms with Crippen molar-refractivity contribution in [2.45, 2.75) is 13.0 Å². The Morgan fingerprint density at radius 2 is 2.27 bits per heavy atom. The van der Waals surface area contributed by atoms with Gasteiger partial charge in [0, 0.05) is 0 Å². The molecule has 64 valence electrons. The minimum absolute atomic E-state index is 0.407. The molecular formula is C6H8F2O3. The van der Waals surface area contributed by atoms with Crippen LogP contribution in [0.15, 0.2) is 12.2 Å². The van der Waals surface area contributed by atoms with E-state index in [1.54, 1.807) is 6.92 Å². The summed E-state index contributed by atoms with van der Waals surface area (Å²) in [5, 5.41) is 7.84. The summed E-state index contributed by atoms with van der Waals surface area (Å²) in [4.78, 5) is 9.72. The molecule has 0 amide bonds. The van der Waals surface area contributed by atoms with E-state index in [4.69, 9.17) is 5.11 Å². The molecule has 0 aliphatic heterocycles. The fourth-order valence-electron chi connectivity index (χ4n) is 0.311. The molecule has 0 fully saturated rings. The highest BCUT2D eigenvalue weighted by Gasteiger charge is 2.39. The zero-order valence-corrected chi connectivity index (χ0v) is 5.88. The van der Waals surface area contributed by atoms with Crippen molar-refractivity contribution in [3.05, 3.63) is 12.2 Å². The summed E-state index contributed by atoms with van der Waals surface area (Å²) in [6.07, 6.45) is -1.31. The summed E-state index contributed by atoms with van der Waals surface area (Å²) < 4.78 is 27.7. The molecule has 0 rings (SSSR count). The maximum absolute atomic E-state index is 12.0. The van der Waals surface area contributed by atoms with Gasteiger partial charge in [-0.2, -0.15) is 8.78 Å². The number of halogens is 2. The summed E-state index contributed by atoms with van der Waals surface area (Å²) >= 11 is 0. The molecular weight excluding hydrogens is 158 g/mol. The number of carboxylic acid groups (broad SMARTS) is 1. The molecule has 5 heteroatoms. The van der Waals surface area contributed by atoms with Crippen LogP contribution in [-0.2, 0) is 9.53 Å². The van der Waals surface area contributed by atoms with Crippen LogP contribution >= 0.6 is 0 Å². The van der Waals surface area contributed by atoms with Gasteiger partial charge in [-0.05, 0) is 6.92 Å². The monoisotopic (exact) mass is 166 g/mol. The topological polar surface area (TPSA) is 46.5 Å². The predicted molar refractivity (Wildman–Crippen MR) is 33.3 cm³/mol. The average molecular weight is 166 g/mol. The summed E-state index contributed by atoms with van der Waals surface area (Å²) in [5.74, 6) is -2.28. The Morgan fingerprint density at radius 1 is 1.73 bits per heavy atom. The van der Waals surface area contributed by atoms with Gasteiger partial charge in [-0.25, -0.2) is 4.79 Å². The van der Waals surface area contributed by atoms with Gasteiger partial charge in [-0.1, -0.05) is 12.2 Å². The van der Waals surface area contributed by atoms with E-state index in [1.807, 2.05) is 0 Å². The second kappa shape index (κ2) is 4.02. The predicted octanol–water partition coefficient (Wildman–Crippen LogP) is 1.26. The third kappa shape index (κ3) is 3.67. The van der Waals surface area contributed by atoms with Gasteiger partial charge in [0.05, 0.1) is 6.61 Å². The van der Waals surface area contributed by atoms with Crippen LogP contribution in [0.4, 0.5) is 8.78 Å². The number of allylic oxidation sites excluding steroid dienone is 1. The normalized spacial score (nSPS) is 12.3. The summed E-state index contributed by atoms with van der Waals surface area (Å²) in [6.45, 7) is 1.21. The maximum Gasteiger partial charge on any atom is 0.456 e.